The van der Waals surface area contributed by atoms with E-state index in [-0.39, 0.29) is 0 Å². The number of rotatable bonds is 1. The highest BCUT2D eigenvalue weighted by atomic mass is 79.9. The van der Waals surface area contributed by atoms with E-state index in [0.717, 1.165) is 10.2 Å². The highest BCUT2D eigenvalue weighted by Gasteiger charge is 2.42. The molecule has 5 heteroatoms. The maximum atomic E-state index is 9.92. The summed E-state index contributed by atoms with van der Waals surface area (Å²) in [6.07, 6.45) is 1.67. The monoisotopic (exact) mass is 232 g/mol. The number of hydrogen-bond donors (Lipinski definition) is 1. The molecule has 1 aromatic heterocycles. The van der Waals surface area contributed by atoms with Gasteiger partial charge in [-0.05, 0) is 15.9 Å². The summed E-state index contributed by atoms with van der Waals surface area (Å²) in [5, 5.41) is 13.9. The number of aromatic nitrogens is 2. The van der Waals surface area contributed by atoms with Gasteiger partial charge in [0.15, 0.2) is 5.60 Å². The van der Waals surface area contributed by atoms with E-state index in [0.29, 0.717) is 13.2 Å². The van der Waals surface area contributed by atoms with Gasteiger partial charge in [0.2, 0.25) is 0 Å². The van der Waals surface area contributed by atoms with Crippen LogP contribution in [0.1, 0.15) is 5.69 Å². The Bertz CT molecular complexity index is 287. The van der Waals surface area contributed by atoms with Crippen LogP contribution in [-0.2, 0) is 17.4 Å². The van der Waals surface area contributed by atoms with Crippen LogP contribution in [0.2, 0.25) is 0 Å². The maximum Gasteiger partial charge on any atom is 0.153 e. The van der Waals surface area contributed by atoms with Crippen LogP contribution < -0.4 is 0 Å². The molecule has 66 valence electrons. The van der Waals surface area contributed by atoms with Crippen molar-refractivity contribution in [2.75, 3.05) is 13.2 Å². The van der Waals surface area contributed by atoms with Crippen LogP contribution in [0.5, 0.6) is 0 Å². The van der Waals surface area contributed by atoms with Gasteiger partial charge in [-0.2, -0.15) is 5.10 Å². The Kier molecular flexibility index (Phi) is 1.75. The first-order valence-corrected chi connectivity index (χ1v) is 4.41. The summed E-state index contributed by atoms with van der Waals surface area (Å²) in [6.45, 7) is 0.705. The first kappa shape index (κ1) is 8.22. The zero-order chi connectivity index (χ0) is 8.77. The number of nitrogens with zero attached hydrogens (tertiary/aromatic N) is 2. The standard InChI is InChI=1S/C7H9BrN2O2/c1-10-6(5(8)2-9-10)7(11)3-12-4-7/h2,11H,3-4H2,1H3. The second-order valence-corrected chi connectivity index (χ2v) is 3.84. The Morgan fingerprint density at radius 2 is 2.42 bits per heavy atom. The molecule has 1 aliphatic heterocycles. The summed E-state index contributed by atoms with van der Waals surface area (Å²) in [6, 6.07) is 0. The molecule has 0 aromatic carbocycles. The van der Waals surface area contributed by atoms with Gasteiger partial charge >= 0.3 is 0 Å². The van der Waals surface area contributed by atoms with Crippen molar-refractivity contribution >= 4 is 15.9 Å². The van der Waals surface area contributed by atoms with Crippen molar-refractivity contribution in [1.29, 1.82) is 0 Å². The summed E-state index contributed by atoms with van der Waals surface area (Å²) >= 11 is 3.33. The van der Waals surface area contributed by atoms with Crippen molar-refractivity contribution in [3.63, 3.8) is 0 Å². The molecule has 0 bridgehead atoms. The molecule has 1 aliphatic rings. The molecule has 1 saturated heterocycles. The fraction of sp³-hybridized carbons (Fsp3) is 0.571. The van der Waals surface area contributed by atoms with Gasteiger partial charge in [-0.3, -0.25) is 4.68 Å². The van der Waals surface area contributed by atoms with E-state index in [4.69, 9.17) is 4.74 Å². The molecule has 0 radical (unpaired) electrons. The lowest BCUT2D eigenvalue weighted by Crippen LogP contribution is -2.48. The highest BCUT2D eigenvalue weighted by Crippen LogP contribution is 2.33. The van der Waals surface area contributed by atoms with Gasteiger partial charge in [0.05, 0.1) is 29.6 Å². The van der Waals surface area contributed by atoms with E-state index < -0.39 is 5.60 Å². The fourth-order valence-corrected chi connectivity index (χ4v) is 2.08. The van der Waals surface area contributed by atoms with Crippen LogP contribution >= 0.6 is 15.9 Å². The zero-order valence-electron chi connectivity index (χ0n) is 6.62. The number of aliphatic hydroxyl groups is 1. The van der Waals surface area contributed by atoms with E-state index in [1.807, 2.05) is 0 Å². The molecule has 0 unspecified atom stereocenters. The Morgan fingerprint density at radius 3 is 2.75 bits per heavy atom. The minimum absolute atomic E-state index is 0.352. The SMILES string of the molecule is Cn1ncc(Br)c1C1(O)COC1. The fourth-order valence-electron chi connectivity index (χ4n) is 1.37. The van der Waals surface area contributed by atoms with E-state index in [1.165, 1.54) is 0 Å². The average molecular weight is 233 g/mol. The molecule has 12 heavy (non-hydrogen) atoms. The number of halogens is 1. The lowest BCUT2D eigenvalue weighted by molar-refractivity contribution is -0.188. The van der Waals surface area contributed by atoms with E-state index in [2.05, 4.69) is 21.0 Å². The topological polar surface area (TPSA) is 47.3 Å². The van der Waals surface area contributed by atoms with Gasteiger partial charge in [0.1, 0.15) is 0 Å². The van der Waals surface area contributed by atoms with Gasteiger partial charge in [-0.25, -0.2) is 0 Å². The molecule has 1 aromatic rings. The van der Waals surface area contributed by atoms with Crippen LogP contribution in [0.25, 0.3) is 0 Å². The lowest BCUT2D eigenvalue weighted by atomic mass is 9.98. The highest BCUT2D eigenvalue weighted by molar-refractivity contribution is 9.10. The molecule has 1 fully saturated rings. The summed E-state index contributed by atoms with van der Waals surface area (Å²) in [7, 11) is 1.80. The quantitative estimate of drug-likeness (QED) is 0.763. The predicted molar refractivity (Wildman–Crippen MR) is 45.6 cm³/mol. The lowest BCUT2D eigenvalue weighted by Gasteiger charge is -2.36. The van der Waals surface area contributed by atoms with Gasteiger partial charge < -0.3 is 9.84 Å². The third kappa shape index (κ3) is 1.01. The number of hydrogen-bond acceptors (Lipinski definition) is 3. The molecule has 4 nitrogen and oxygen atoms in total. The average Bonchev–Trinajstić information content (AvgIpc) is 2.27. The molecule has 0 atom stereocenters. The molecular weight excluding hydrogens is 224 g/mol. The van der Waals surface area contributed by atoms with Crippen molar-refractivity contribution in [2.24, 2.45) is 7.05 Å². The summed E-state index contributed by atoms with van der Waals surface area (Å²) < 4.78 is 7.45. The Balaban J connectivity index is 2.44. The predicted octanol–water partition coefficient (Wildman–Crippen LogP) is 0.400. The molecular formula is C7H9BrN2O2. The molecule has 2 rings (SSSR count). The summed E-state index contributed by atoms with van der Waals surface area (Å²) in [5.74, 6) is 0. The van der Waals surface area contributed by atoms with Gasteiger partial charge in [-0.15, -0.1) is 0 Å². The molecule has 0 amide bonds. The number of aryl methyl sites for hydroxylation is 1. The Labute approximate surface area is 78.3 Å². The minimum atomic E-state index is -0.843. The van der Waals surface area contributed by atoms with E-state index in [1.54, 1.807) is 17.9 Å². The molecule has 0 aliphatic carbocycles. The van der Waals surface area contributed by atoms with Crippen molar-refractivity contribution in [3.8, 4) is 0 Å². The second kappa shape index (κ2) is 2.55. The number of ether oxygens (including phenoxy) is 1. The molecule has 0 saturated carbocycles. The first-order chi connectivity index (χ1) is 5.63. The zero-order valence-corrected chi connectivity index (χ0v) is 8.21. The first-order valence-electron chi connectivity index (χ1n) is 3.61. The van der Waals surface area contributed by atoms with Crippen LogP contribution in [0.3, 0.4) is 0 Å². The van der Waals surface area contributed by atoms with Crippen LogP contribution in [0.4, 0.5) is 0 Å². The van der Waals surface area contributed by atoms with Crippen molar-refractivity contribution in [3.05, 3.63) is 16.4 Å². The summed E-state index contributed by atoms with van der Waals surface area (Å²) in [5.41, 5.74) is -0.0573. The van der Waals surface area contributed by atoms with Crippen LogP contribution in [0, 0.1) is 0 Å². The van der Waals surface area contributed by atoms with Crippen molar-refractivity contribution < 1.29 is 9.84 Å². The summed E-state index contributed by atoms with van der Waals surface area (Å²) in [4.78, 5) is 0. The van der Waals surface area contributed by atoms with E-state index >= 15 is 0 Å². The smallest absolute Gasteiger partial charge is 0.153 e. The largest absolute Gasteiger partial charge is 0.379 e. The van der Waals surface area contributed by atoms with Gasteiger partial charge in [0.25, 0.3) is 0 Å². The Morgan fingerprint density at radius 1 is 1.75 bits per heavy atom. The normalized spacial score (nSPS) is 20.6. The van der Waals surface area contributed by atoms with Gasteiger partial charge in [-0.1, -0.05) is 0 Å². The third-order valence-corrected chi connectivity index (χ3v) is 2.60. The molecule has 2 heterocycles. The third-order valence-electron chi connectivity index (χ3n) is 2.02. The second-order valence-electron chi connectivity index (χ2n) is 2.99. The van der Waals surface area contributed by atoms with Crippen LogP contribution in [0.15, 0.2) is 10.7 Å². The van der Waals surface area contributed by atoms with Gasteiger partial charge in [0, 0.05) is 7.05 Å². The van der Waals surface area contributed by atoms with Crippen molar-refractivity contribution in [1.82, 2.24) is 9.78 Å². The minimum Gasteiger partial charge on any atom is -0.379 e. The van der Waals surface area contributed by atoms with Crippen molar-refractivity contribution in [2.45, 2.75) is 5.60 Å². The molecule has 1 N–H and O–H groups in total. The Hall–Kier alpha value is -0.390. The maximum absolute atomic E-state index is 9.92. The van der Waals surface area contributed by atoms with E-state index in [9.17, 15) is 5.11 Å². The molecule has 0 spiro atoms. The van der Waals surface area contributed by atoms with Crippen LogP contribution in [-0.4, -0.2) is 28.1 Å².